The molecule has 0 saturated heterocycles. The molecule has 17 heavy (non-hydrogen) atoms. The maximum Gasteiger partial charge on any atom is 0.245 e. The largest absolute Gasteiger partial charge is 0.474 e. The normalized spacial score (nSPS) is 11.2. The highest BCUT2D eigenvalue weighted by atomic mass is 16.5. The number of fused-ring (bicyclic) bond motifs is 1. The van der Waals surface area contributed by atoms with E-state index < -0.39 is 0 Å². The third-order valence-corrected chi connectivity index (χ3v) is 2.04. The first-order valence-corrected chi connectivity index (χ1v) is 5.38. The molecule has 2 rings (SSSR count). The Morgan fingerprint density at radius 3 is 2.94 bits per heavy atom. The van der Waals surface area contributed by atoms with Crippen molar-refractivity contribution in [1.29, 1.82) is 0 Å². The Balaban J connectivity index is 2.04. The molecule has 0 aromatic carbocycles. The zero-order valence-electron chi connectivity index (χ0n) is 9.80. The summed E-state index contributed by atoms with van der Waals surface area (Å²) in [5.74, 6) is 0.543. The lowest BCUT2D eigenvalue weighted by molar-refractivity contribution is 0.0546. The highest BCUT2D eigenvalue weighted by molar-refractivity contribution is 5.76. The lowest BCUT2D eigenvalue weighted by Crippen LogP contribution is -2.12. The Bertz CT molecular complexity index is 496. The van der Waals surface area contributed by atoms with Crippen LogP contribution in [0.15, 0.2) is 6.33 Å². The van der Waals surface area contributed by atoms with Crippen molar-refractivity contribution < 1.29 is 9.47 Å². The number of hydrogen-bond donors (Lipinski definition) is 2. The first kappa shape index (κ1) is 11.6. The van der Waals surface area contributed by atoms with Crippen LogP contribution in [0.1, 0.15) is 13.8 Å². The summed E-state index contributed by atoms with van der Waals surface area (Å²) in [7, 11) is 0. The number of imidazole rings is 1. The fourth-order valence-electron chi connectivity index (χ4n) is 1.35. The Hall–Kier alpha value is -1.89. The molecule has 0 saturated carbocycles. The van der Waals surface area contributed by atoms with Crippen molar-refractivity contribution in [1.82, 2.24) is 19.9 Å². The molecule has 2 aromatic rings. The minimum absolute atomic E-state index is 0.143. The molecule has 2 aromatic heterocycles. The molecule has 7 heteroatoms. The average molecular weight is 237 g/mol. The SMILES string of the molecule is CC(C)OCCOc1nc(N)nc2nc[nH]c12. The predicted octanol–water partition coefficient (Wildman–Crippen LogP) is 0.739. The monoisotopic (exact) mass is 237 g/mol. The van der Waals surface area contributed by atoms with E-state index in [4.69, 9.17) is 15.2 Å². The maximum atomic E-state index is 5.55. The Morgan fingerprint density at radius 2 is 2.18 bits per heavy atom. The number of nitrogens with one attached hydrogen (secondary N) is 1. The van der Waals surface area contributed by atoms with Crippen molar-refractivity contribution in [3.05, 3.63) is 6.33 Å². The summed E-state index contributed by atoms with van der Waals surface area (Å²) < 4.78 is 10.8. The van der Waals surface area contributed by atoms with E-state index in [0.717, 1.165) is 0 Å². The number of hydrogen-bond acceptors (Lipinski definition) is 6. The van der Waals surface area contributed by atoms with Gasteiger partial charge in [0.15, 0.2) is 5.65 Å². The molecule has 3 N–H and O–H groups in total. The van der Waals surface area contributed by atoms with Crippen LogP contribution < -0.4 is 10.5 Å². The molecule has 0 fully saturated rings. The van der Waals surface area contributed by atoms with Crippen LogP contribution in [0.4, 0.5) is 5.95 Å². The smallest absolute Gasteiger partial charge is 0.245 e. The number of nitrogens with two attached hydrogens (primary N) is 1. The molecule has 7 nitrogen and oxygen atoms in total. The number of nitrogens with zero attached hydrogens (tertiary/aromatic N) is 3. The first-order valence-electron chi connectivity index (χ1n) is 5.38. The highest BCUT2D eigenvalue weighted by Gasteiger charge is 2.09. The predicted molar refractivity (Wildman–Crippen MR) is 62.7 cm³/mol. The Kier molecular flexibility index (Phi) is 3.38. The quantitative estimate of drug-likeness (QED) is 0.744. The van der Waals surface area contributed by atoms with Gasteiger partial charge in [0.25, 0.3) is 0 Å². The standard InChI is InChI=1S/C10H15N5O2/c1-6(2)16-3-4-17-9-7-8(13-5-12-7)14-10(11)15-9/h5-6H,3-4H2,1-2H3,(H3,11,12,13,14,15). The highest BCUT2D eigenvalue weighted by Crippen LogP contribution is 2.19. The summed E-state index contributed by atoms with van der Waals surface area (Å²) in [5.41, 5.74) is 6.69. The van der Waals surface area contributed by atoms with Crippen LogP contribution in [0.2, 0.25) is 0 Å². The zero-order valence-corrected chi connectivity index (χ0v) is 9.80. The lowest BCUT2D eigenvalue weighted by Gasteiger charge is -2.09. The van der Waals surface area contributed by atoms with E-state index in [2.05, 4.69) is 19.9 Å². The minimum Gasteiger partial charge on any atom is -0.474 e. The number of H-pyrrole nitrogens is 1. The van der Waals surface area contributed by atoms with E-state index in [9.17, 15) is 0 Å². The van der Waals surface area contributed by atoms with Crippen molar-refractivity contribution in [3.8, 4) is 5.88 Å². The summed E-state index contributed by atoms with van der Waals surface area (Å²) in [4.78, 5) is 14.9. The fourth-order valence-corrected chi connectivity index (χ4v) is 1.35. The van der Waals surface area contributed by atoms with Gasteiger partial charge in [0.05, 0.1) is 19.0 Å². The van der Waals surface area contributed by atoms with E-state index in [0.29, 0.717) is 30.3 Å². The van der Waals surface area contributed by atoms with Crippen molar-refractivity contribution >= 4 is 17.1 Å². The van der Waals surface area contributed by atoms with Crippen molar-refractivity contribution in [2.75, 3.05) is 18.9 Å². The van der Waals surface area contributed by atoms with Gasteiger partial charge in [-0.15, -0.1) is 0 Å². The van der Waals surface area contributed by atoms with Crippen LogP contribution in [-0.2, 0) is 4.74 Å². The molecule has 92 valence electrons. The van der Waals surface area contributed by atoms with Crippen molar-refractivity contribution in [2.24, 2.45) is 0 Å². The molecule has 2 heterocycles. The first-order chi connectivity index (χ1) is 8.16. The number of nitrogen functional groups attached to an aromatic ring is 1. The summed E-state index contributed by atoms with van der Waals surface area (Å²) >= 11 is 0. The van der Waals surface area contributed by atoms with E-state index in [1.54, 1.807) is 0 Å². The molecule has 0 aliphatic carbocycles. The molecule has 0 spiro atoms. The van der Waals surface area contributed by atoms with Gasteiger partial charge in [-0.2, -0.15) is 9.97 Å². The molecule has 0 aliphatic rings. The second kappa shape index (κ2) is 4.96. The number of anilines is 1. The van der Waals surface area contributed by atoms with Crippen LogP contribution in [0.5, 0.6) is 5.88 Å². The van der Waals surface area contributed by atoms with Gasteiger partial charge >= 0.3 is 0 Å². The van der Waals surface area contributed by atoms with Crippen LogP contribution in [0.25, 0.3) is 11.2 Å². The van der Waals surface area contributed by atoms with Crippen LogP contribution in [0, 0.1) is 0 Å². The zero-order chi connectivity index (χ0) is 12.3. The van der Waals surface area contributed by atoms with Crippen LogP contribution in [-0.4, -0.2) is 39.3 Å². The van der Waals surface area contributed by atoms with Gasteiger partial charge in [0.1, 0.15) is 12.1 Å². The summed E-state index contributed by atoms with van der Waals surface area (Å²) in [6.45, 7) is 4.84. The molecular weight excluding hydrogens is 222 g/mol. The fraction of sp³-hybridized carbons (Fsp3) is 0.500. The third kappa shape index (κ3) is 2.82. The van der Waals surface area contributed by atoms with E-state index >= 15 is 0 Å². The lowest BCUT2D eigenvalue weighted by atomic mass is 10.5. The van der Waals surface area contributed by atoms with E-state index in [1.165, 1.54) is 6.33 Å². The molecule has 0 atom stereocenters. The van der Waals surface area contributed by atoms with E-state index in [1.807, 2.05) is 13.8 Å². The number of ether oxygens (including phenoxy) is 2. The van der Waals surface area contributed by atoms with Crippen LogP contribution >= 0.6 is 0 Å². The van der Waals surface area contributed by atoms with Gasteiger partial charge in [-0.25, -0.2) is 4.98 Å². The van der Waals surface area contributed by atoms with Crippen molar-refractivity contribution in [2.45, 2.75) is 20.0 Å². The molecule has 0 unspecified atom stereocenters. The van der Waals surface area contributed by atoms with Gasteiger partial charge in [0.2, 0.25) is 11.8 Å². The topological polar surface area (TPSA) is 98.9 Å². The molecule has 0 amide bonds. The number of aromatic amines is 1. The van der Waals surface area contributed by atoms with Gasteiger partial charge in [0, 0.05) is 0 Å². The third-order valence-electron chi connectivity index (χ3n) is 2.04. The molecule has 0 bridgehead atoms. The van der Waals surface area contributed by atoms with Gasteiger partial charge in [-0.3, -0.25) is 0 Å². The summed E-state index contributed by atoms with van der Waals surface area (Å²) in [6.07, 6.45) is 1.71. The summed E-state index contributed by atoms with van der Waals surface area (Å²) in [5, 5.41) is 0. The second-order valence-corrected chi connectivity index (χ2v) is 3.76. The van der Waals surface area contributed by atoms with Crippen molar-refractivity contribution in [3.63, 3.8) is 0 Å². The number of aromatic nitrogens is 4. The Labute approximate surface area is 98.4 Å². The Morgan fingerprint density at radius 1 is 1.35 bits per heavy atom. The second-order valence-electron chi connectivity index (χ2n) is 3.76. The minimum atomic E-state index is 0.143. The summed E-state index contributed by atoms with van der Waals surface area (Å²) in [6, 6.07) is 0. The van der Waals surface area contributed by atoms with Gasteiger partial charge in [-0.1, -0.05) is 0 Å². The molecule has 0 aliphatic heterocycles. The van der Waals surface area contributed by atoms with Gasteiger partial charge in [-0.05, 0) is 13.8 Å². The number of rotatable bonds is 5. The molecule has 0 radical (unpaired) electrons. The molecular formula is C10H15N5O2. The van der Waals surface area contributed by atoms with E-state index in [-0.39, 0.29) is 12.1 Å². The average Bonchev–Trinajstić information content (AvgIpc) is 2.71. The van der Waals surface area contributed by atoms with Crippen LogP contribution in [0.3, 0.4) is 0 Å². The maximum absolute atomic E-state index is 5.55. The van der Waals surface area contributed by atoms with Gasteiger partial charge < -0.3 is 20.2 Å².